The van der Waals surface area contributed by atoms with Crippen LogP contribution in [0.4, 0.5) is 0 Å². The molecule has 0 spiro atoms. The van der Waals surface area contributed by atoms with E-state index < -0.39 is 10.0 Å². The van der Waals surface area contributed by atoms with E-state index in [4.69, 9.17) is 0 Å². The highest BCUT2D eigenvalue weighted by atomic mass is 32.2. The van der Waals surface area contributed by atoms with Crippen molar-refractivity contribution in [3.63, 3.8) is 0 Å². The van der Waals surface area contributed by atoms with Gasteiger partial charge in [-0.2, -0.15) is 5.10 Å². The van der Waals surface area contributed by atoms with E-state index in [0.29, 0.717) is 11.4 Å². The van der Waals surface area contributed by atoms with Crippen LogP contribution in [0.3, 0.4) is 0 Å². The second-order valence-electron chi connectivity index (χ2n) is 4.01. The summed E-state index contributed by atoms with van der Waals surface area (Å²) in [6, 6.07) is 3.41. The first kappa shape index (κ1) is 14.2. The zero-order valence-corrected chi connectivity index (χ0v) is 12.4. The van der Waals surface area contributed by atoms with Gasteiger partial charge in [0.25, 0.3) is 0 Å². The minimum atomic E-state index is -3.48. The van der Waals surface area contributed by atoms with Gasteiger partial charge in [0.2, 0.25) is 10.0 Å². The van der Waals surface area contributed by atoms with Crippen molar-refractivity contribution < 1.29 is 8.42 Å². The van der Waals surface area contributed by atoms with E-state index in [1.165, 1.54) is 11.3 Å². The number of hydrogen-bond acceptors (Lipinski definition) is 5. The van der Waals surface area contributed by atoms with Crippen molar-refractivity contribution in [2.45, 2.75) is 18.0 Å². The van der Waals surface area contributed by atoms with Crippen molar-refractivity contribution in [3.8, 4) is 0 Å². The van der Waals surface area contributed by atoms with E-state index in [2.05, 4.69) is 15.1 Å². The maximum absolute atomic E-state index is 12.2. The first-order valence-electron chi connectivity index (χ1n) is 5.72. The van der Waals surface area contributed by atoms with Crippen molar-refractivity contribution in [2.75, 3.05) is 7.05 Å². The maximum Gasteiger partial charge on any atom is 0.242 e. The molecule has 0 radical (unpaired) electrons. The summed E-state index contributed by atoms with van der Waals surface area (Å²) in [5.74, 6) is 0. The van der Waals surface area contributed by atoms with Crippen LogP contribution in [0.15, 0.2) is 28.6 Å². The number of aromatic nitrogens is 2. The van der Waals surface area contributed by atoms with Gasteiger partial charge in [0.1, 0.15) is 0 Å². The number of rotatable bonds is 6. The number of nitrogens with zero attached hydrogens (tertiary/aromatic N) is 2. The lowest BCUT2D eigenvalue weighted by Gasteiger charge is -2.07. The van der Waals surface area contributed by atoms with Gasteiger partial charge in [0.05, 0.1) is 17.1 Å². The first-order valence-corrected chi connectivity index (χ1v) is 8.08. The third-order valence-electron chi connectivity index (χ3n) is 2.70. The van der Waals surface area contributed by atoms with Gasteiger partial charge in [-0.3, -0.25) is 4.68 Å². The fraction of sp³-hybridized carbons (Fsp3) is 0.364. The van der Waals surface area contributed by atoms with E-state index >= 15 is 0 Å². The molecule has 19 heavy (non-hydrogen) atoms. The topological polar surface area (TPSA) is 76.0 Å². The van der Waals surface area contributed by atoms with Crippen molar-refractivity contribution in [1.29, 1.82) is 0 Å². The van der Waals surface area contributed by atoms with Crippen molar-refractivity contribution in [2.24, 2.45) is 7.05 Å². The Morgan fingerprint density at radius 1 is 1.37 bits per heavy atom. The van der Waals surface area contributed by atoms with Gasteiger partial charge in [0.15, 0.2) is 0 Å². The summed E-state index contributed by atoms with van der Waals surface area (Å²) in [5.41, 5.74) is 0.814. The monoisotopic (exact) mass is 300 g/mol. The van der Waals surface area contributed by atoms with Crippen LogP contribution < -0.4 is 10.0 Å². The third kappa shape index (κ3) is 3.21. The minimum absolute atomic E-state index is 0.230. The summed E-state index contributed by atoms with van der Waals surface area (Å²) in [4.78, 5) is 1.15. The van der Waals surface area contributed by atoms with Gasteiger partial charge >= 0.3 is 0 Å². The Labute approximate surface area is 116 Å². The summed E-state index contributed by atoms with van der Waals surface area (Å²) in [6.45, 7) is 0.771. The second-order valence-corrected chi connectivity index (χ2v) is 6.75. The number of aryl methyl sites for hydroxylation is 1. The molecule has 0 aliphatic carbocycles. The Hall–Kier alpha value is -1.22. The van der Waals surface area contributed by atoms with Gasteiger partial charge in [-0.15, -0.1) is 11.3 Å². The highest BCUT2D eigenvalue weighted by Crippen LogP contribution is 2.21. The lowest BCUT2D eigenvalue weighted by atomic mass is 10.4. The number of nitrogens with one attached hydrogen (secondary N) is 2. The van der Waals surface area contributed by atoms with Gasteiger partial charge in [-0.25, -0.2) is 13.1 Å². The van der Waals surface area contributed by atoms with Crippen molar-refractivity contribution >= 4 is 21.4 Å². The molecule has 0 aliphatic heterocycles. The summed E-state index contributed by atoms with van der Waals surface area (Å²) in [5, 5.41) is 8.75. The fourth-order valence-corrected chi connectivity index (χ4v) is 4.13. The van der Waals surface area contributed by atoms with Crippen LogP contribution in [0.5, 0.6) is 0 Å². The van der Waals surface area contributed by atoms with E-state index in [1.807, 2.05) is 0 Å². The van der Waals surface area contributed by atoms with Gasteiger partial charge in [-0.1, -0.05) is 0 Å². The maximum atomic E-state index is 12.2. The lowest BCUT2D eigenvalue weighted by Crippen LogP contribution is -2.25. The quantitative estimate of drug-likeness (QED) is 0.822. The second kappa shape index (κ2) is 5.83. The summed E-state index contributed by atoms with van der Waals surface area (Å²) in [6.07, 6.45) is 1.64. The molecular formula is C11H16N4O2S2. The molecule has 2 aromatic heterocycles. The third-order valence-corrected chi connectivity index (χ3v) is 5.23. The van der Waals surface area contributed by atoms with Crippen LogP contribution in [-0.2, 0) is 30.2 Å². The summed E-state index contributed by atoms with van der Waals surface area (Å²) in [7, 11) is 0.0860. The molecule has 0 aromatic carbocycles. The van der Waals surface area contributed by atoms with Crippen molar-refractivity contribution in [3.05, 3.63) is 34.3 Å². The van der Waals surface area contributed by atoms with Gasteiger partial charge in [0, 0.05) is 24.7 Å². The zero-order valence-electron chi connectivity index (χ0n) is 10.8. The number of thiophene rings is 1. The first-order chi connectivity index (χ1) is 9.04. The van der Waals surface area contributed by atoms with Crippen LogP contribution >= 0.6 is 11.3 Å². The molecule has 6 nitrogen and oxygen atoms in total. The predicted octanol–water partition coefficient (Wildman–Crippen LogP) is 0.679. The molecule has 2 rings (SSSR count). The SMILES string of the molecule is CNCc1sccc1S(=O)(=O)NCc1ccnn1C. The van der Waals surface area contributed by atoms with Crippen molar-refractivity contribution in [1.82, 2.24) is 19.8 Å². The molecule has 2 heterocycles. The average molecular weight is 300 g/mol. The molecule has 8 heteroatoms. The van der Waals surface area contributed by atoms with E-state index in [-0.39, 0.29) is 6.54 Å². The standard InChI is InChI=1S/C11H16N4O2S2/c1-12-8-10-11(4-6-18-10)19(16,17)14-7-9-3-5-13-15(9)2/h3-6,12,14H,7-8H2,1-2H3. The van der Waals surface area contributed by atoms with Crippen LogP contribution in [-0.4, -0.2) is 25.2 Å². The molecular weight excluding hydrogens is 284 g/mol. The molecule has 0 amide bonds. The predicted molar refractivity (Wildman–Crippen MR) is 74.3 cm³/mol. The van der Waals surface area contributed by atoms with Crippen LogP contribution in [0.25, 0.3) is 0 Å². The highest BCUT2D eigenvalue weighted by molar-refractivity contribution is 7.89. The number of hydrogen-bond donors (Lipinski definition) is 2. The minimum Gasteiger partial charge on any atom is -0.315 e. The molecule has 0 saturated heterocycles. The Bertz CT molecular complexity index is 645. The van der Waals surface area contributed by atoms with Crippen LogP contribution in [0.2, 0.25) is 0 Å². The van der Waals surface area contributed by atoms with E-state index in [1.54, 1.807) is 42.5 Å². The van der Waals surface area contributed by atoms with E-state index in [0.717, 1.165) is 10.6 Å². The van der Waals surface area contributed by atoms with E-state index in [9.17, 15) is 8.42 Å². The largest absolute Gasteiger partial charge is 0.315 e. The highest BCUT2D eigenvalue weighted by Gasteiger charge is 2.19. The molecule has 0 aliphatic rings. The Kier molecular flexibility index (Phi) is 4.35. The smallest absolute Gasteiger partial charge is 0.242 e. The molecule has 2 aromatic rings. The summed E-state index contributed by atoms with van der Waals surface area (Å²) < 4.78 is 28.7. The average Bonchev–Trinajstić information content (AvgIpc) is 2.97. The Morgan fingerprint density at radius 2 is 2.16 bits per heavy atom. The Balaban J connectivity index is 2.14. The molecule has 0 bridgehead atoms. The van der Waals surface area contributed by atoms with Crippen LogP contribution in [0.1, 0.15) is 10.6 Å². The summed E-state index contributed by atoms with van der Waals surface area (Å²) >= 11 is 1.43. The molecule has 104 valence electrons. The molecule has 0 fully saturated rings. The van der Waals surface area contributed by atoms with Gasteiger partial charge in [-0.05, 0) is 24.6 Å². The lowest BCUT2D eigenvalue weighted by molar-refractivity contribution is 0.576. The molecule has 0 unspecified atom stereocenters. The molecule has 0 atom stereocenters. The normalized spacial score (nSPS) is 11.9. The number of sulfonamides is 1. The molecule has 0 saturated carbocycles. The Morgan fingerprint density at radius 3 is 2.79 bits per heavy atom. The van der Waals surface area contributed by atoms with Gasteiger partial charge < -0.3 is 5.32 Å². The fourth-order valence-electron chi connectivity index (χ4n) is 1.68. The molecule has 2 N–H and O–H groups in total. The zero-order chi connectivity index (χ0) is 13.9. The van der Waals surface area contributed by atoms with Crippen LogP contribution in [0, 0.1) is 0 Å².